The number of hydrogen-bond acceptors (Lipinski definition) is 6. The molecule has 0 saturated heterocycles. The van der Waals surface area contributed by atoms with Gasteiger partial charge in [0.1, 0.15) is 10.6 Å². The topological polar surface area (TPSA) is 82.0 Å². The van der Waals surface area contributed by atoms with E-state index in [0.717, 1.165) is 5.56 Å². The Labute approximate surface area is 194 Å². The zero-order chi connectivity index (χ0) is 22.9. The zero-order valence-electron chi connectivity index (χ0n) is 16.6. The number of carbonyl (C=O) groups excluding carboxylic acids is 1. The second kappa shape index (κ2) is 8.78. The molecule has 0 aliphatic carbocycles. The quantitative estimate of drug-likeness (QED) is 0.272. The van der Waals surface area contributed by atoms with Crippen LogP contribution in [0.15, 0.2) is 82.4 Å². The summed E-state index contributed by atoms with van der Waals surface area (Å²) in [6, 6.07) is 17.9. The largest absolute Gasteiger partial charge is 0.377 e. The fraction of sp³-hybridized carbons (Fsp3) is 0.0435. The molecule has 32 heavy (non-hydrogen) atoms. The van der Waals surface area contributed by atoms with Crippen molar-refractivity contribution < 1.29 is 22.2 Å². The number of oxime groups is 1. The van der Waals surface area contributed by atoms with Crippen LogP contribution in [0, 0.1) is 6.92 Å². The third kappa shape index (κ3) is 4.55. The summed E-state index contributed by atoms with van der Waals surface area (Å²) in [4.78, 5) is 17.2. The Morgan fingerprint density at radius 2 is 1.69 bits per heavy atom. The Bertz CT molecular complexity index is 1370. The molecule has 0 radical (unpaired) electrons. The lowest BCUT2D eigenvalue weighted by Gasteiger charge is -2.12. The van der Waals surface area contributed by atoms with E-state index in [1.807, 2.05) is 13.0 Å². The number of halogens is 2. The van der Waals surface area contributed by atoms with E-state index in [1.165, 1.54) is 30.3 Å². The first-order chi connectivity index (χ1) is 15.2. The molecule has 0 spiro atoms. The molecule has 0 bridgehead atoms. The maximum atomic E-state index is 12.8. The van der Waals surface area contributed by atoms with Gasteiger partial charge in [0.2, 0.25) is 0 Å². The van der Waals surface area contributed by atoms with Crippen LogP contribution >= 0.6 is 23.2 Å². The van der Waals surface area contributed by atoms with Crippen LogP contribution in [0.3, 0.4) is 0 Å². The van der Waals surface area contributed by atoms with Gasteiger partial charge in [-0.3, -0.25) is 0 Å². The molecular formula is C23H15Cl2NO5S. The normalized spacial score (nSPS) is 14.9. The number of carbonyl (C=O) groups is 1. The van der Waals surface area contributed by atoms with Crippen LogP contribution in [0.2, 0.25) is 10.0 Å². The minimum Gasteiger partial charge on any atom is -0.377 e. The number of hydrogen-bond donors (Lipinski definition) is 0. The third-order valence-electron chi connectivity index (χ3n) is 4.58. The van der Waals surface area contributed by atoms with E-state index in [9.17, 15) is 13.2 Å². The Balaban J connectivity index is 1.79. The van der Waals surface area contributed by atoms with Crippen LogP contribution in [0.25, 0.3) is 6.08 Å². The monoisotopic (exact) mass is 487 g/mol. The number of rotatable bonds is 5. The van der Waals surface area contributed by atoms with Crippen molar-refractivity contribution in [2.45, 2.75) is 11.8 Å². The number of nitrogens with zero attached hydrogens (tertiary/aromatic N) is 1. The summed E-state index contributed by atoms with van der Waals surface area (Å²) >= 11 is 12.4. The maximum absolute atomic E-state index is 12.8. The van der Waals surface area contributed by atoms with Gasteiger partial charge in [0.05, 0.1) is 10.6 Å². The lowest BCUT2D eigenvalue weighted by Crippen LogP contribution is -2.11. The molecule has 0 fully saturated rings. The standard InChI is InChI=1S/C23H15Cl2NO5S/c1-14-7-9-18(10-8-14)32(28,29)31-22-16(11-17(24)13-20(22)25)12-19-21(26-30-23(19)27)15-5-3-2-4-6-15/h2-13H,1H3/b19-12-. The molecule has 162 valence electrons. The maximum Gasteiger partial charge on any atom is 0.368 e. The van der Waals surface area contributed by atoms with Crippen molar-refractivity contribution in [2.24, 2.45) is 5.16 Å². The first-order valence-electron chi connectivity index (χ1n) is 9.31. The van der Waals surface area contributed by atoms with Crippen molar-refractivity contribution in [2.75, 3.05) is 0 Å². The molecule has 4 rings (SSSR count). The first-order valence-corrected chi connectivity index (χ1v) is 11.5. The van der Waals surface area contributed by atoms with E-state index in [1.54, 1.807) is 36.4 Å². The van der Waals surface area contributed by atoms with Crippen molar-refractivity contribution in [3.63, 3.8) is 0 Å². The van der Waals surface area contributed by atoms with E-state index in [-0.39, 0.29) is 31.8 Å². The SMILES string of the molecule is Cc1ccc(S(=O)(=O)Oc2c(Cl)cc(Cl)cc2/C=C2\C(=O)ON=C2c2ccccc2)cc1. The Kier molecular flexibility index (Phi) is 6.06. The van der Waals surface area contributed by atoms with Gasteiger partial charge in [0.25, 0.3) is 0 Å². The summed E-state index contributed by atoms with van der Waals surface area (Å²) in [6.07, 6.45) is 1.39. The third-order valence-corrected chi connectivity index (χ3v) is 6.32. The number of aryl methyl sites for hydroxylation is 1. The second-order valence-corrected chi connectivity index (χ2v) is 9.29. The molecule has 0 amide bonds. The predicted octanol–water partition coefficient (Wildman–Crippen LogP) is 5.41. The smallest absolute Gasteiger partial charge is 0.368 e. The summed E-state index contributed by atoms with van der Waals surface area (Å²) < 4.78 is 31.1. The van der Waals surface area contributed by atoms with E-state index >= 15 is 0 Å². The van der Waals surface area contributed by atoms with E-state index in [0.29, 0.717) is 11.3 Å². The fourth-order valence-electron chi connectivity index (χ4n) is 3.01. The summed E-state index contributed by atoms with van der Waals surface area (Å²) in [7, 11) is -4.20. The fourth-order valence-corrected chi connectivity index (χ4v) is 4.57. The van der Waals surface area contributed by atoms with Crippen molar-refractivity contribution >= 4 is 51.1 Å². The Morgan fingerprint density at radius 1 is 1.00 bits per heavy atom. The molecular weight excluding hydrogens is 473 g/mol. The van der Waals surface area contributed by atoms with Gasteiger partial charge in [0.15, 0.2) is 5.75 Å². The van der Waals surface area contributed by atoms with Crippen LogP contribution in [-0.4, -0.2) is 20.1 Å². The highest BCUT2D eigenvalue weighted by Gasteiger charge is 2.28. The summed E-state index contributed by atoms with van der Waals surface area (Å²) in [5.74, 6) is -0.872. The average molecular weight is 488 g/mol. The molecule has 0 atom stereocenters. The van der Waals surface area contributed by atoms with Crippen LogP contribution in [-0.2, 0) is 19.8 Å². The van der Waals surface area contributed by atoms with Crippen LogP contribution < -0.4 is 4.18 Å². The van der Waals surface area contributed by atoms with E-state index in [4.69, 9.17) is 32.2 Å². The van der Waals surface area contributed by atoms with Gasteiger partial charge in [-0.25, -0.2) is 4.79 Å². The second-order valence-electron chi connectivity index (χ2n) is 6.90. The molecule has 3 aromatic rings. The van der Waals surface area contributed by atoms with Gasteiger partial charge in [-0.05, 0) is 37.3 Å². The zero-order valence-corrected chi connectivity index (χ0v) is 18.9. The summed E-state index contributed by atoms with van der Waals surface area (Å²) in [5.41, 5.74) is 2.11. The van der Waals surface area contributed by atoms with E-state index < -0.39 is 16.1 Å². The molecule has 3 aromatic carbocycles. The molecule has 0 N–H and O–H groups in total. The molecule has 6 nitrogen and oxygen atoms in total. The number of benzene rings is 3. The van der Waals surface area contributed by atoms with Crippen molar-refractivity contribution in [3.05, 3.63) is 99.0 Å². The average Bonchev–Trinajstić information content (AvgIpc) is 3.12. The van der Waals surface area contributed by atoms with Crippen molar-refractivity contribution in [3.8, 4) is 5.75 Å². The highest BCUT2D eigenvalue weighted by atomic mass is 35.5. The lowest BCUT2D eigenvalue weighted by molar-refractivity contribution is -0.136. The van der Waals surface area contributed by atoms with Gasteiger partial charge in [-0.1, -0.05) is 76.4 Å². The van der Waals surface area contributed by atoms with Gasteiger partial charge < -0.3 is 9.02 Å². The van der Waals surface area contributed by atoms with E-state index in [2.05, 4.69) is 5.16 Å². The molecule has 1 aliphatic rings. The molecule has 0 saturated carbocycles. The lowest BCUT2D eigenvalue weighted by atomic mass is 10.0. The van der Waals surface area contributed by atoms with Gasteiger partial charge in [-0.2, -0.15) is 8.42 Å². The van der Waals surface area contributed by atoms with Crippen LogP contribution in [0.1, 0.15) is 16.7 Å². The van der Waals surface area contributed by atoms with Crippen molar-refractivity contribution in [1.82, 2.24) is 0 Å². The molecule has 9 heteroatoms. The van der Waals surface area contributed by atoms with Crippen LogP contribution in [0.5, 0.6) is 5.75 Å². The van der Waals surface area contributed by atoms with Gasteiger partial charge in [0, 0.05) is 16.1 Å². The summed E-state index contributed by atoms with van der Waals surface area (Å²) in [6.45, 7) is 1.84. The Morgan fingerprint density at radius 3 is 2.38 bits per heavy atom. The first kappa shape index (κ1) is 22.1. The minimum absolute atomic E-state index is 0.0374. The highest BCUT2D eigenvalue weighted by molar-refractivity contribution is 7.87. The molecule has 1 aliphatic heterocycles. The molecule has 1 heterocycles. The van der Waals surface area contributed by atoms with Gasteiger partial charge in [-0.15, -0.1) is 0 Å². The molecule has 0 unspecified atom stereocenters. The summed E-state index contributed by atoms with van der Waals surface area (Å²) in [5, 5.41) is 4.03. The molecule has 0 aromatic heterocycles. The van der Waals surface area contributed by atoms with Crippen LogP contribution in [0.4, 0.5) is 0 Å². The Hall–Kier alpha value is -3.13. The minimum atomic E-state index is -4.20. The van der Waals surface area contributed by atoms with Gasteiger partial charge >= 0.3 is 16.1 Å². The van der Waals surface area contributed by atoms with Crippen molar-refractivity contribution in [1.29, 1.82) is 0 Å². The predicted molar refractivity (Wildman–Crippen MR) is 123 cm³/mol. The highest BCUT2D eigenvalue weighted by Crippen LogP contribution is 2.36.